The molecule has 0 saturated carbocycles. The van der Waals surface area contributed by atoms with Gasteiger partial charge >= 0.3 is 36.4 Å². The van der Waals surface area contributed by atoms with Gasteiger partial charge in [0.25, 0.3) is 0 Å². The molecular formula is C92H106F12N12O15. The molecule has 4 saturated heterocycles. The molecule has 39 heteroatoms. The average Bonchev–Trinajstić information content (AvgIpc) is 1.64. The Balaban J connectivity index is 0.000000198. The number of β-amino-alcohol motifs (C(OH)–C–C–N with tert-alkyl or cyclic N) is 2. The zero-order valence-corrected chi connectivity index (χ0v) is 73.2. The number of rotatable bonds is 31. The number of piperidine rings is 3. The third kappa shape index (κ3) is 29.5. The van der Waals surface area contributed by atoms with E-state index in [0.717, 1.165) is 26.9 Å². The maximum atomic E-state index is 15.2. The SMILES string of the molecule is COC(=O)c1ccc(NCC#Cc2cc3c(NC4CCNCC4F)cccc3n2CC(F)(F)F)c(OC)c1.COC[C@H](O)CN1CCC(Nc2cccc3c2cc(C#CCNc2ccc(C(=O)O)cc2OC)n3CC(F)(F)F)C(F)C1.COC[C@H](O)CN1CCC(Nc2cccc3c2cc(C#CCNc2ccc(C(=O)OC)cc2OC)n3CC(F)(F)F)C(F)C1.COC[C@H]1CO1. The first kappa shape index (κ1) is 101. The number of hydrogen-bond donors (Lipinski definition) is 10. The van der Waals surface area contributed by atoms with Gasteiger partial charge in [-0.05, 0) is 153 Å². The Morgan fingerprint density at radius 3 is 1.12 bits per heavy atom. The Hall–Kier alpha value is -12.0. The van der Waals surface area contributed by atoms with Crippen molar-refractivity contribution in [2.45, 2.75) is 112 Å². The molecule has 9 atom stereocenters. The van der Waals surface area contributed by atoms with E-state index in [-0.39, 0.29) is 87.4 Å². The number of carboxylic acids is 1. The number of halogens is 12. The van der Waals surface area contributed by atoms with Gasteiger partial charge in [0, 0.05) is 100 Å². The molecular weight excluding hydrogens is 1740 g/mol. The smallest absolute Gasteiger partial charge is 0.406 e. The number of methoxy groups -OCH3 is 8. The molecule has 0 spiro atoms. The lowest BCUT2D eigenvalue weighted by Gasteiger charge is -2.36. The lowest BCUT2D eigenvalue weighted by atomic mass is 10.0. The maximum Gasteiger partial charge on any atom is 0.406 e. The van der Waals surface area contributed by atoms with Crippen molar-refractivity contribution in [1.82, 2.24) is 28.8 Å². The number of nitrogens with zero attached hydrogens (tertiary/aromatic N) is 5. The minimum atomic E-state index is -4.51. The first-order valence-corrected chi connectivity index (χ1v) is 41.7. The molecule has 4 aliphatic heterocycles. The van der Waals surface area contributed by atoms with Gasteiger partial charge in [0.15, 0.2) is 0 Å². The van der Waals surface area contributed by atoms with Crippen LogP contribution in [0.3, 0.4) is 0 Å². The predicted molar refractivity (Wildman–Crippen MR) is 473 cm³/mol. The Labute approximate surface area is 749 Å². The monoisotopic (exact) mass is 1850 g/mol. The van der Waals surface area contributed by atoms with Gasteiger partial charge in [0.05, 0.1) is 179 Å². The van der Waals surface area contributed by atoms with E-state index in [1.54, 1.807) is 104 Å². The topological polar surface area (TPSA) is 304 Å². The fourth-order valence-electron chi connectivity index (χ4n) is 15.2. The molecule has 708 valence electrons. The van der Waals surface area contributed by atoms with Crippen LogP contribution in [0.5, 0.6) is 17.2 Å². The van der Waals surface area contributed by atoms with Crippen LogP contribution in [0.4, 0.5) is 86.8 Å². The van der Waals surface area contributed by atoms with Crippen molar-refractivity contribution in [3.63, 3.8) is 0 Å². The largest absolute Gasteiger partial charge is 0.495 e. The summed E-state index contributed by atoms with van der Waals surface area (Å²) in [6.45, 7) is 1.26. The minimum absolute atomic E-state index is 0.0417. The summed E-state index contributed by atoms with van der Waals surface area (Å²) in [5.41, 5.74) is 5.26. The molecule has 9 aromatic rings. The number of carbonyl (C=O) groups excluding carboxylic acids is 2. The Morgan fingerprint density at radius 1 is 0.473 bits per heavy atom. The number of esters is 2. The van der Waals surface area contributed by atoms with E-state index >= 15 is 8.78 Å². The highest BCUT2D eigenvalue weighted by Gasteiger charge is 2.37. The van der Waals surface area contributed by atoms with Gasteiger partial charge in [-0.15, -0.1) is 0 Å². The number of likely N-dealkylation sites (tertiary alicyclic amines) is 2. The highest BCUT2D eigenvalue weighted by Crippen LogP contribution is 2.38. The van der Waals surface area contributed by atoms with E-state index in [1.807, 2.05) is 9.80 Å². The summed E-state index contributed by atoms with van der Waals surface area (Å²) in [7, 11) is 11.5. The van der Waals surface area contributed by atoms with E-state index in [2.05, 4.69) is 72.7 Å². The highest BCUT2D eigenvalue weighted by molar-refractivity contribution is 5.97. The number of anilines is 6. The van der Waals surface area contributed by atoms with Crippen molar-refractivity contribution < 1.29 is 125 Å². The van der Waals surface area contributed by atoms with E-state index in [4.69, 9.17) is 47.7 Å². The van der Waals surface area contributed by atoms with Crippen molar-refractivity contribution in [3.05, 3.63) is 161 Å². The summed E-state index contributed by atoms with van der Waals surface area (Å²) in [4.78, 5) is 38.4. The standard InChI is InChI=1S/C31H36F4N4O5.C30H34F4N4O5.C27H28F4N4O3.C4H8O2/c1-42-18-22(40)16-38-13-11-26(24(32)17-38)37-25-7-4-8-28-23(25)15-21(39(28)19-31(33,34)35)6-5-12-36-27-10-9-20(30(41)44-3)14-29(27)43-2;1-42-17-21(39)15-37-12-10-25(23(31)16-37)36-24-6-3-7-27-22(24)14-20(38(27)18-30(32,33)34)5-4-11-35-26-9-8-19(29(40)41)13-28(26)43-2;1-37-25-13-17(26(36)38-2)8-9-23(25)33-11-4-5-18-14-19-21(34-22-10-12-32-15-20(22)28)6-3-7-24(19)35(18)16-27(29,30)31;1-5-2-4-3-6-4/h4,7-10,14-15,22,24,26,36-37,40H,11-13,16-19H2,1-3H3;3,6-9,13-14,21,23,25,35-36,39H,10-12,15-18H2,1-2H3,(H,40,41);3,6-9,13-14,20,22,32-34H,10-12,15-16H2,1-2H3;4H,2-3H2,1H3/t22-,24?,26?;21-,23?,25?;;4-/m11.0/s1. The number of alkyl halides is 12. The molecule has 6 unspecified atom stereocenters. The Kier molecular flexibility index (Phi) is 36.9. The van der Waals surface area contributed by atoms with E-state index < -0.39 is 105 Å². The first-order chi connectivity index (χ1) is 62.6. The normalized spacial score (nSPS) is 18.4. The molecule has 10 N–H and O–H groups in total. The number of hydrogen-bond acceptors (Lipinski definition) is 23. The number of epoxide rings is 1. The maximum absolute atomic E-state index is 15.2. The third-order valence-corrected chi connectivity index (χ3v) is 21.4. The number of carbonyl (C=O) groups is 3. The zero-order chi connectivity index (χ0) is 94.7. The number of benzene rings is 6. The molecule has 131 heavy (non-hydrogen) atoms. The molecule has 13 rings (SSSR count). The average molecular weight is 1850 g/mol. The summed E-state index contributed by atoms with van der Waals surface area (Å²) >= 11 is 0. The minimum Gasteiger partial charge on any atom is -0.495 e. The van der Waals surface area contributed by atoms with Gasteiger partial charge in [-0.2, -0.15) is 39.5 Å². The number of carboxylic acid groups (broad SMARTS) is 1. The molecule has 0 aliphatic carbocycles. The van der Waals surface area contributed by atoms with Crippen LogP contribution in [0.1, 0.15) is 67.4 Å². The van der Waals surface area contributed by atoms with Gasteiger partial charge in [0.2, 0.25) is 0 Å². The zero-order valence-electron chi connectivity index (χ0n) is 73.2. The van der Waals surface area contributed by atoms with Crippen molar-refractivity contribution in [2.24, 2.45) is 0 Å². The lowest BCUT2D eigenvalue weighted by Crippen LogP contribution is -2.50. The molecule has 27 nitrogen and oxygen atoms in total. The molecule has 0 radical (unpaired) electrons. The van der Waals surface area contributed by atoms with Crippen LogP contribution in [0.25, 0.3) is 32.7 Å². The Morgan fingerprint density at radius 2 is 0.824 bits per heavy atom. The quantitative estimate of drug-likeness (QED) is 0.00835. The molecule has 7 heterocycles. The fraction of sp³-hybridized carbons (Fsp3) is 0.446. The summed E-state index contributed by atoms with van der Waals surface area (Å²) in [5, 5.41) is 52.3. The summed E-state index contributed by atoms with van der Waals surface area (Å²) < 4.78 is 215. The number of aliphatic hydroxyl groups is 2. The fourth-order valence-corrected chi connectivity index (χ4v) is 15.2. The number of ether oxygens (including phenoxy) is 9. The van der Waals surface area contributed by atoms with Gasteiger partial charge in [-0.3, -0.25) is 9.80 Å². The van der Waals surface area contributed by atoms with Crippen LogP contribution in [0.15, 0.2) is 127 Å². The molecule has 6 aromatic carbocycles. The second-order valence-electron chi connectivity index (χ2n) is 30.9. The van der Waals surface area contributed by atoms with Crippen molar-refractivity contribution >= 4 is 84.7 Å². The van der Waals surface area contributed by atoms with Crippen molar-refractivity contribution in [3.8, 4) is 52.8 Å². The predicted octanol–water partition coefficient (Wildman–Crippen LogP) is 13.1. The Bertz CT molecular complexity index is 5520. The van der Waals surface area contributed by atoms with Gasteiger partial charge < -0.3 is 109 Å². The van der Waals surface area contributed by atoms with Crippen LogP contribution in [0, 0.1) is 35.5 Å². The number of aromatic nitrogens is 3. The molecule has 0 bridgehead atoms. The van der Waals surface area contributed by atoms with E-state index in [9.17, 15) is 68.5 Å². The van der Waals surface area contributed by atoms with Gasteiger partial charge in [-0.25, -0.2) is 27.6 Å². The van der Waals surface area contributed by atoms with Crippen molar-refractivity contribution in [1.29, 1.82) is 0 Å². The van der Waals surface area contributed by atoms with E-state index in [0.29, 0.717) is 141 Å². The molecule has 3 aromatic heterocycles. The molecule has 4 aliphatic rings. The molecule has 0 amide bonds. The van der Waals surface area contributed by atoms with Crippen LogP contribution in [-0.4, -0.2) is 286 Å². The van der Waals surface area contributed by atoms with Gasteiger partial charge in [0.1, 0.15) is 61.5 Å². The second-order valence-corrected chi connectivity index (χ2v) is 30.9. The van der Waals surface area contributed by atoms with Crippen molar-refractivity contribution in [2.75, 3.05) is 187 Å². The summed E-state index contributed by atoms with van der Waals surface area (Å²) in [5.74, 6) is 15.9. The van der Waals surface area contributed by atoms with Crippen LogP contribution in [-0.2, 0) is 48.1 Å². The van der Waals surface area contributed by atoms with Crippen LogP contribution < -0.4 is 51.4 Å². The summed E-state index contributed by atoms with van der Waals surface area (Å²) in [6, 6.07) is 31.6. The second kappa shape index (κ2) is 47.7. The number of fused-ring (bicyclic) bond motifs is 3. The van der Waals surface area contributed by atoms with E-state index in [1.165, 1.54) is 80.1 Å². The first-order valence-electron chi connectivity index (χ1n) is 41.7. The summed E-state index contributed by atoms with van der Waals surface area (Å²) in [6.07, 6.45) is -16.7. The number of nitrogens with one attached hydrogen (secondary N) is 7. The third-order valence-electron chi connectivity index (χ3n) is 21.4. The number of aliphatic hydroxyl groups excluding tert-OH is 2. The van der Waals surface area contributed by atoms with Gasteiger partial charge in [-0.1, -0.05) is 36.0 Å². The van der Waals surface area contributed by atoms with Crippen LogP contribution >= 0.6 is 0 Å². The molecule has 4 fully saturated rings. The lowest BCUT2D eigenvalue weighted by molar-refractivity contribution is -0.140. The number of aromatic carboxylic acids is 1. The highest BCUT2D eigenvalue weighted by atomic mass is 19.4. The van der Waals surface area contributed by atoms with Crippen LogP contribution in [0.2, 0.25) is 0 Å².